The molecule has 1 aromatic carbocycles. The molecule has 6 heteroatoms. The van der Waals surface area contributed by atoms with Gasteiger partial charge in [0.25, 0.3) is 0 Å². The second kappa shape index (κ2) is 9.26. The average Bonchev–Trinajstić information content (AvgIpc) is 2.74. The number of hydrogen-bond acceptors (Lipinski definition) is 4. The topological polar surface area (TPSA) is 63.7 Å². The van der Waals surface area contributed by atoms with Crippen molar-refractivity contribution >= 4 is 6.03 Å². The van der Waals surface area contributed by atoms with Gasteiger partial charge in [-0.2, -0.15) is 0 Å². The van der Waals surface area contributed by atoms with Crippen LogP contribution in [0.15, 0.2) is 42.7 Å². The second-order valence-corrected chi connectivity index (χ2v) is 6.63. The standard InChI is InChI=1S/C21H27N3O3/c1-26-19-10-5-7-16(20(19)27-2)11-13-23-21(25)24-14-4-3-9-18(24)17-8-6-12-22-15-17/h5-8,10,12,15,18H,3-4,9,11,13-14H2,1-2H3,(H,23,25)/t18-/m1/s1. The van der Waals surface area contributed by atoms with Gasteiger partial charge in [0.05, 0.1) is 20.3 Å². The highest BCUT2D eigenvalue weighted by molar-refractivity contribution is 5.75. The van der Waals surface area contributed by atoms with Crippen molar-refractivity contribution in [3.63, 3.8) is 0 Å². The third-order valence-electron chi connectivity index (χ3n) is 4.99. The summed E-state index contributed by atoms with van der Waals surface area (Å²) < 4.78 is 10.8. The van der Waals surface area contributed by atoms with E-state index in [0.717, 1.165) is 42.7 Å². The molecule has 1 fully saturated rings. The molecule has 1 saturated heterocycles. The molecule has 27 heavy (non-hydrogen) atoms. The monoisotopic (exact) mass is 369 g/mol. The van der Waals surface area contributed by atoms with Gasteiger partial charge in [-0.05, 0) is 48.9 Å². The van der Waals surface area contributed by atoms with E-state index in [1.807, 2.05) is 41.4 Å². The zero-order valence-corrected chi connectivity index (χ0v) is 16.0. The van der Waals surface area contributed by atoms with Crippen molar-refractivity contribution in [3.05, 3.63) is 53.9 Å². The van der Waals surface area contributed by atoms with Crippen LogP contribution in [0.2, 0.25) is 0 Å². The summed E-state index contributed by atoms with van der Waals surface area (Å²) in [6, 6.07) is 9.84. The molecule has 1 aliphatic rings. The van der Waals surface area contributed by atoms with E-state index >= 15 is 0 Å². The van der Waals surface area contributed by atoms with Gasteiger partial charge < -0.3 is 19.7 Å². The van der Waals surface area contributed by atoms with Crippen molar-refractivity contribution in [2.24, 2.45) is 0 Å². The molecule has 1 atom stereocenters. The molecule has 0 aliphatic carbocycles. The molecule has 144 valence electrons. The number of aromatic nitrogens is 1. The maximum atomic E-state index is 12.8. The van der Waals surface area contributed by atoms with E-state index in [1.54, 1.807) is 20.4 Å². The van der Waals surface area contributed by atoms with E-state index in [9.17, 15) is 4.79 Å². The third kappa shape index (κ3) is 4.51. The first-order chi connectivity index (χ1) is 13.2. The number of ether oxygens (including phenoxy) is 2. The molecule has 2 aromatic rings. The van der Waals surface area contributed by atoms with Crippen LogP contribution >= 0.6 is 0 Å². The highest BCUT2D eigenvalue weighted by Gasteiger charge is 2.27. The van der Waals surface area contributed by atoms with Gasteiger partial charge in [0.2, 0.25) is 0 Å². The van der Waals surface area contributed by atoms with Gasteiger partial charge in [-0.25, -0.2) is 4.79 Å². The van der Waals surface area contributed by atoms with Crippen molar-refractivity contribution < 1.29 is 14.3 Å². The molecule has 0 spiro atoms. The lowest BCUT2D eigenvalue weighted by molar-refractivity contribution is 0.151. The molecular weight excluding hydrogens is 342 g/mol. The van der Waals surface area contributed by atoms with E-state index in [1.165, 1.54) is 0 Å². The molecule has 2 heterocycles. The number of carbonyl (C=O) groups is 1. The lowest BCUT2D eigenvalue weighted by Gasteiger charge is -2.35. The van der Waals surface area contributed by atoms with Crippen molar-refractivity contribution in [1.82, 2.24) is 15.2 Å². The molecule has 6 nitrogen and oxygen atoms in total. The van der Waals surface area contributed by atoms with Gasteiger partial charge >= 0.3 is 6.03 Å². The Morgan fingerprint density at radius 2 is 2.11 bits per heavy atom. The number of benzene rings is 1. The van der Waals surface area contributed by atoms with Crippen LogP contribution in [0.4, 0.5) is 4.79 Å². The number of carbonyl (C=O) groups excluding carboxylic acids is 1. The minimum atomic E-state index is -0.0228. The fraction of sp³-hybridized carbons (Fsp3) is 0.429. The van der Waals surface area contributed by atoms with E-state index in [-0.39, 0.29) is 12.1 Å². The first-order valence-electron chi connectivity index (χ1n) is 9.39. The van der Waals surface area contributed by atoms with Crippen LogP contribution in [-0.2, 0) is 6.42 Å². The first kappa shape index (κ1) is 19.0. The van der Waals surface area contributed by atoms with E-state index in [0.29, 0.717) is 18.7 Å². The number of nitrogens with zero attached hydrogens (tertiary/aromatic N) is 2. The highest BCUT2D eigenvalue weighted by Crippen LogP contribution is 2.31. The summed E-state index contributed by atoms with van der Waals surface area (Å²) in [5, 5.41) is 3.06. The van der Waals surface area contributed by atoms with Crippen molar-refractivity contribution in [1.29, 1.82) is 0 Å². The molecule has 0 bridgehead atoms. The Morgan fingerprint density at radius 3 is 2.85 bits per heavy atom. The van der Waals surface area contributed by atoms with Gasteiger partial charge in [0.1, 0.15) is 0 Å². The number of para-hydroxylation sites is 1. The summed E-state index contributed by atoms with van der Waals surface area (Å²) in [6.07, 6.45) is 7.44. The number of pyridine rings is 1. The summed E-state index contributed by atoms with van der Waals surface area (Å²) in [6.45, 7) is 1.31. The van der Waals surface area contributed by atoms with Crippen LogP contribution in [0.3, 0.4) is 0 Å². The zero-order valence-electron chi connectivity index (χ0n) is 16.0. The van der Waals surface area contributed by atoms with E-state index in [2.05, 4.69) is 10.3 Å². The Hall–Kier alpha value is -2.76. The van der Waals surface area contributed by atoms with E-state index < -0.39 is 0 Å². The van der Waals surface area contributed by atoms with Gasteiger partial charge in [-0.15, -0.1) is 0 Å². The molecule has 0 unspecified atom stereocenters. The van der Waals surface area contributed by atoms with Crippen LogP contribution in [0.1, 0.15) is 36.4 Å². The molecular formula is C21H27N3O3. The molecule has 3 rings (SSSR count). The smallest absolute Gasteiger partial charge is 0.317 e. The number of likely N-dealkylation sites (tertiary alicyclic amines) is 1. The van der Waals surface area contributed by atoms with Gasteiger partial charge in [-0.1, -0.05) is 18.2 Å². The predicted octanol–water partition coefficient (Wildman–Crippen LogP) is 3.58. The Morgan fingerprint density at radius 1 is 1.22 bits per heavy atom. The number of hydrogen-bond donors (Lipinski definition) is 1. The minimum Gasteiger partial charge on any atom is -0.493 e. The first-order valence-corrected chi connectivity index (χ1v) is 9.39. The maximum absolute atomic E-state index is 12.8. The summed E-state index contributed by atoms with van der Waals surface area (Å²) in [5.41, 5.74) is 2.11. The molecule has 0 saturated carbocycles. The van der Waals surface area contributed by atoms with Gasteiger partial charge in [0, 0.05) is 25.5 Å². The molecule has 1 aromatic heterocycles. The molecule has 1 aliphatic heterocycles. The maximum Gasteiger partial charge on any atom is 0.317 e. The van der Waals surface area contributed by atoms with E-state index in [4.69, 9.17) is 9.47 Å². The minimum absolute atomic E-state index is 0.0228. The quantitative estimate of drug-likeness (QED) is 0.845. The summed E-state index contributed by atoms with van der Waals surface area (Å²) in [7, 11) is 3.25. The molecule has 2 amide bonds. The van der Waals surface area contributed by atoms with Gasteiger partial charge in [-0.3, -0.25) is 4.98 Å². The molecule has 1 N–H and O–H groups in total. The number of methoxy groups -OCH3 is 2. The normalized spacial score (nSPS) is 16.7. The number of rotatable bonds is 6. The van der Waals surface area contributed by atoms with Crippen LogP contribution < -0.4 is 14.8 Å². The summed E-state index contributed by atoms with van der Waals surface area (Å²) >= 11 is 0. The van der Waals surface area contributed by atoms with Crippen LogP contribution in [0.25, 0.3) is 0 Å². The fourth-order valence-electron chi connectivity index (χ4n) is 3.65. The Bertz CT molecular complexity index is 752. The lowest BCUT2D eigenvalue weighted by atomic mass is 9.97. The fourth-order valence-corrected chi connectivity index (χ4v) is 3.65. The summed E-state index contributed by atoms with van der Waals surface area (Å²) in [4.78, 5) is 18.9. The van der Waals surface area contributed by atoms with Crippen LogP contribution in [0, 0.1) is 0 Å². The Kier molecular flexibility index (Phi) is 6.52. The number of nitrogens with one attached hydrogen (secondary N) is 1. The lowest BCUT2D eigenvalue weighted by Crippen LogP contribution is -2.45. The molecule has 0 radical (unpaired) electrons. The number of piperidine rings is 1. The predicted molar refractivity (Wildman–Crippen MR) is 104 cm³/mol. The average molecular weight is 369 g/mol. The summed E-state index contributed by atoms with van der Waals surface area (Å²) in [5.74, 6) is 1.43. The van der Waals surface area contributed by atoms with Crippen molar-refractivity contribution in [2.45, 2.75) is 31.7 Å². The van der Waals surface area contributed by atoms with Crippen molar-refractivity contribution in [2.75, 3.05) is 27.3 Å². The number of amides is 2. The Balaban J connectivity index is 1.62. The van der Waals surface area contributed by atoms with Crippen LogP contribution in [-0.4, -0.2) is 43.2 Å². The zero-order chi connectivity index (χ0) is 19.1. The highest BCUT2D eigenvalue weighted by atomic mass is 16.5. The third-order valence-corrected chi connectivity index (χ3v) is 4.99. The van der Waals surface area contributed by atoms with Gasteiger partial charge in [0.15, 0.2) is 11.5 Å². The van der Waals surface area contributed by atoms with Crippen molar-refractivity contribution in [3.8, 4) is 11.5 Å². The Labute approximate surface area is 160 Å². The largest absolute Gasteiger partial charge is 0.493 e. The van der Waals surface area contributed by atoms with Crippen LogP contribution in [0.5, 0.6) is 11.5 Å². The second-order valence-electron chi connectivity index (χ2n) is 6.63. The SMILES string of the molecule is COc1cccc(CCNC(=O)N2CCCC[C@@H]2c2cccnc2)c1OC. The number of urea groups is 1.